The highest BCUT2D eigenvalue weighted by Gasteiger charge is 2.53. The van der Waals surface area contributed by atoms with Gasteiger partial charge in [0.25, 0.3) is 0 Å². The molecule has 2 unspecified atom stereocenters. The summed E-state index contributed by atoms with van der Waals surface area (Å²) in [6.45, 7) is 9.04. The zero-order chi connectivity index (χ0) is 33.7. The number of aromatic hydroxyl groups is 1. The standard InChI is InChI=1S/C38H38F2N6O3/c1-4-26-28(39)8-5-22-13-25(47)14-27(29(22)26)32-31(40)33-30(35(42-32)48-3)34(46-16-23-6-7-24(17-46)41-23)44-36(43-33)49-20-37(9-10-37)18-45-15-21(2)38(19-45)11-12-38/h1,5,8,13-14,23-24,41,47H,2,6-7,9-12,15-20H2,3H3. The van der Waals surface area contributed by atoms with E-state index in [-0.39, 0.29) is 62.9 Å². The lowest BCUT2D eigenvalue weighted by molar-refractivity contribution is 0.167. The normalized spacial score (nSPS) is 23.4. The molecule has 49 heavy (non-hydrogen) atoms. The number of methoxy groups -OCH3 is 1. The van der Waals surface area contributed by atoms with Crippen LogP contribution in [-0.4, -0.2) is 83.5 Å². The molecule has 1 spiro atoms. The van der Waals surface area contributed by atoms with Crippen LogP contribution in [0.25, 0.3) is 32.9 Å². The van der Waals surface area contributed by atoms with Gasteiger partial charge < -0.3 is 24.8 Å². The lowest BCUT2D eigenvalue weighted by Crippen LogP contribution is -2.51. The molecule has 2 aromatic heterocycles. The van der Waals surface area contributed by atoms with E-state index in [1.165, 1.54) is 49.8 Å². The van der Waals surface area contributed by atoms with Crippen molar-refractivity contribution in [2.45, 2.75) is 50.6 Å². The van der Waals surface area contributed by atoms with Crippen LogP contribution in [0.1, 0.15) is 44.1 Å². The summed E-state index contributed by atoms with van der Waals surface area (Å²) in [7, 11) is 1.46. The molecular formula is C38H38F2N6O3. The van der Waals surface area contributed by atoms with Gasteiger partial charge in [0.2, 0.25) is 5.88 Å². The van der Waals surface area contributed by atoms with Crippen molar-refractivity contribution >= 4 is 27.5 Å². The van der Waals surface area contributed by atoms with Gasteiger partial charge in [-0.1, -0.05) is 24.1 Å². The number of fused-ring (bicyclic) bond motifs is 4. The topological polar surface area (TPSA) is 95.9 Å². The van der Waals surface area contributed by atoms with Crippen LogP contribution in [0.5, 0.6) is 17.6 Å². The fourth-order valence-corrected chi connectivity index (χ4v) is 8.47. The molecule has 2 atom stereocenters. The first kappa shape index (κ1) is 30.5. The highest BCUT2D eigenvalue weighted by molar-refractivity contribution is 6.04. The van der Waals surface area contributed by atoms with Crippen LogP contribution in [0.4, 0.5) is 14.6 Å². The van der Waals surface area contributed by atoms with E-state index < -0.39 is 11.6 Å². The Morgan fingerprint density at radius 2 is 1.86 bits per heavy atom. The summed E-state index contributed by atoms with van der Waals surface area (Å²) in [5.41, 5.74) is 1.53. The van der Waals surface area contributed by atoms with Crippen molar-refractivity contribution in [3.05, 3.63) is 53.6 Å². The van der Waals surface area contributed by atoms with E-state index in [0.29, 0.717) is 41.7 Å². The van der Waals surface area contributed by atoms with E-state index in [9.17, 15) is 9.50 Å². The highest BCUT2D eigenvalue weighted by Crippen LogP contribution is 2.57. The molecule has 3 aliphatic heterocycles. The van der Waals surface area contributed by atoms with E-state index in [0.717, 1.165) is 45.3 Å². The van der Waals surface area contributed by atoms with Crippen LogP contribution < -0.4 is 19.7 Å². The molecule has 9 rings (SSSR count). The van der Waals surface area contributed by atoms with Gasteiger partial charge in [0.1, 0.15) is 34.0 Å². The first-order chi connectivity index (χ1) is 23.7. The third-order valence-electron chi connectivity index (χ3n) is 11.4. The first-order valence-electron chi connectivity index (χ1n) is 17.1. The molecule has 5 aliphatic rings. The van der Waals surface area contributed by atoms with Gasteiger partial charge in [-0.25, -0.2) is 13.8 Å². The van der Waals surface area contributed by atoms with Gasteiger partial charge in [-0.15, -0.1) is 6.42 Å². The van der Waals surface area contributed by atoms with E-state index in [4.69, 9.17) is 20.9 Å². The van der Waals surface area contributed by atoms with Gasteiger partial charge in [0.05, 0.1) is 19.3 Å². The number of phenolic OH excluding ortho intramolecular Hbond substituents is 1. The third kappa shape index (κ3) is 5.07. The second-order valence-electron chi connectivity index (χ2n) is 14.9. The van der Waals surface area contributed by atoms with Gasteiger partial charge in [-0.2, -0.15) is 9.97 Å². The molecule has 2 aliphatic carbocycles. The molecular weight excluding hydrogens is 626 g/mol. The van der Waals surface area contributed by atoms with E-state index in [1.807, 2.05) is 0 Å². The molecule has 5 heterocycles. The second kappa shape index (κ2) is 11.0. The molecule has 252 valence electrons. The Morgan fingerprint density at radius 3 is 2.53 bits per heavy atom. The molecule has 9 nitrogen and oxygen atoms in total. The van der Waals surface area contributed by atoms with Crippen molar-refractivity contribution in [2.75, 3.05) is 51.3 Å². The maximum atomic E-state index is 17.1. The van der Waals surface area contributed by atoms with E-state index in [1.54, 1.807) is 0 Å². The minimum absolute atomic E-state index is 0.0108. The van der Waals surface area contributed by atoms with Crippen LogP contribution in [-0.2, 0) is 0 Å². The Morgan fingerprint density at radius 1 is 1.08 bits per heavy atom. The molecule has 0 amide bonds. The summed E-state index contributed by atoms with van der Waals surface area (Å²) in [6, 6.07) is 6.16. The Balaban J connectivity index is 1.15. The Bertz CT molecular complexity index is 2090. The minimum Gasteiger partial charge on any atom is -0.508 e. The smallest absolute Gasteiger partial charge is 0.319 e. The Kier molecular flexibility index (Phi) is 6.85. The zero-order valence-electron chi connectivity index (χ0n) is 27.5. The molecule has 5 fully saturated rings. The summed E-state index contributed by atoms with van der Waals surface area (Å²) in [5, 5.41) is 15.3. The monoisotopic (exact) mass is 664 g/mol. The number of rotatable bonds is 8. The maximum Gasteiger partial charge on any atom is 0.319 e. The number of ether oxygens (including phenoxy) is 2. The fourth-order valence-electron chi connectivity index (χ4n) is 8.47. The average Bonchev–Trinajstić information content (AvgIpc) is 4.00. The average molecular weight is 665 g/mol. The van der Waals surface area contributed by atoms with Crippen molar-refractivity contribution in [1.29, 1.82) is 0 Å². The first-order valence-corrected chi connectivity index (χ1v) is 17.1. The molecule has 2 bridgehead atoms. The number of nitrogens with zero attached hydrogens (tertiary/aromatic N) is 5. The zero-order valence-corrected chi connectivity index (χ0v) is 27.5. The summed E-state index contributed by atoms with van der Waals surface area (Å²) < 4.78 is 44.3. The van der Waals surface area contributed by atoms with E-state index in [2.05, 4.69) is 37.6 Å². The van der Waals surface area contributed by atoms with E-state index >= 15 is 4.39 Å². The minimum atomic E-state index is -0.770. The quantitative estimate of drug-likeness (QED) is 0.185. The third-order valence-corrected chi connectivity index (χ3v) is 11.4. The maximum absolute atomic E-state index is 17.1. The van der Waals surface area contributed by atoms with Crippen molar-refractivity contribution in [2.24, 2.45) is 10.8 Å². The summed E-state index contributed by atoms with van der Waals surface area (Å²) in [6.07, 6.45) is 12.4. The molecule has 4 aromatic rings. The number of hydrogen-bond acceptors (Lipinski definition) is 9. The summed E-state index contributed by atoms with van der Waals surface area (Å²) in [5.74, 6) is 1.45. The molecule has 0 radical (unpaired) electrons. The number of nitrogens with one attached hydrogen (secondary N) is 1. The molecule has 2 aromatic carbocycles. The number of terminal acetylenes is 1. The molecule has 2 N–H and O–H groups in total. The molecule has 3 saturated heterocycles. The number of hydrogen-bond donors (Lipinski definition) is 2. The number of anilines is 1. The van der Waals surface area contributed by atoms with Crippen molar-refractivity contribution < 1.29 is 23.4 Å². The van der Waals surface area contributed by atoms with Crippen LogP contribution >= 0.6 is 0 Å². The number of pyridine rings is 1. The van der Waals surface area contributed by atoms with Crippen LogP contribution in [0.15, 0.2) is 36.4 Å². The van der Waals surface area contributed by atoms with Crippen LogP contribution in [0.3, 0.4) is 0 Å². The number of aromatic nitrogens is 3. The SMILES string of the molecule is C#Cc1c(F)ccc2cc(O)cc(-c3nc(OC)c4c(N5CC6CCC(C5)N6)nc(OCC5(CN6CC(=C)C7(CC7)C6)CC5)nc4c3F)c12. The Labute approximate surface area is 283 Å². The van der Waals surface area contributed by atoms with Gasteiger partial charge in [0, 0.05) is 66.6 Å². The van der Waals surface area contributed by atoms with Crippen molar-refractivity contribution in [1.82, 2.24) is 25.2 Å². The van der Waals surface area contributed by atoms with Crippen molar-refractivity contribution in [3.8, 4) is 41.2 Å². The molecule has 11 heteroatoms. The number of halogens is 2. The highest BCUT2D eigenvalue weighted by atomic mass is 19.1. The summed E-state index contributed by atoms with van der Waals surface area (Å²) >= 11 is 0. The Hall–Kier alpha value is -4.53. The number of phenols is 1. The largest absolute Gasteiger partial charge is 0.508 e. The predicted octanol–water partition coefficient (Wildman–Crippen LogP) is 5.57. The van der Waals surface area contributed by atoms with Crippen LogP contribution in [0.2, 0.25) is 0 Å². The number of benzene rings is 2. The van der Waals surface area contributed by atoms with Gasteiger partial charge in [-0.3, -0.25) is 4.90 Å². The second-order valence-corrected chi connectivity index (χ2v) is 14.9. The van der Waals surface area contributed by atoms with Crippen molar-refractivity contribution in [3.63, 3.8) is 0 Å². The van der Waals surface area contributed by atoms with Gasteiger partial charge >= 0.3 is 6.01 Å². The van der Waals surface area contributed by atoms with Gasteiger partial charge in [-0.05, 0) is 62.1 Å². The lowest BCUT2D eigenvalue weighted by atomic mass is 9.95. The van der Waals surface area contributed by atoms with Crippen LogP contribution in [0, 0.1) is 34.8 Å². The lowest BCUT2D eigenvalue weighted by Gasteiger charge is -2.34. The number of likely N-dealkylation sites (tertiary alicyclic amines) is 1. The summed E-state index contributed by atoms with van der Waals surface area (Å²) in [4.78, 5) is 18.9. The molecule has 2 saturated carbocycles. The van der Waals surface area contributed by atoms with Gasteiger partial charge in [0.15, 0.2) is 5.82 Å². The predicted molar refractivity (Wildman–Crippen MR) is 183 cm³/mol. The number of piperazine rings is 1. The fraction of sp³-hybridized carbons (Fsp3) is 0.447.